The van der Waals surface area contributed by atoms with Gasteiger partial charge >= 0.3 is 0 Å². The van der Waals surface area contributed by atoms with Crippen molar-refractivity contribution in [2.24, 2.45) is 0 Å². The van der Waals surface area contributed by atoms with E-state index in [4.69, 9.17) is 5.21 Å². The molecule has 0 heterocycles. The van der Waals surface area contributed by atoms with Crippen molar-refractivity contribution in [3.05, 3.63) is 77.6 Å². The summed E-state index contributed by atoms with van der Waals surface area (Å²) in [5.74, 6) is -0.101. The van der Waals surface area contributed by atoms with Crippen molar-refractivity contribution in [2.75, 3.05) is 10.5 Å². The van der Waals surface area contributed by atoms with E-state index >= 15 is 0 Å². The Morgan fingerprint density at radius 3 is 2.35 bits per heavy atom. The molecule has 0 fully saturated rings. The molecule has 0 saturated carbocycles. The molecule has 5 heteroatoms. The molecule has 20 heavy (non-hydrogen) atoms. The van der Waals surface area contributed by atoms with E-state index in [2.05, 4.69) is 5.32 Å². The highest BCUT2D eigenvalue weighted by molar-refractivity contribution is 6.04. The monoisotopic (exact) mass is 269 g/mol. The van der Waals surface area contributed by atoms with Gasteiger partial charge in [0.2, 0.25) is 0 Å². The number of nitrogens with zero attached hydrogens (tertiary/aromatic N) is 1. The lowest BCUT2D eigenvalue weighted by atomic mass is 10.1. The second-order valence-electron chi connectivity index (χ2n) is 4.03. The minimum atomic E-state index is -0.210. The fraction of sp³-hybridized carbons (Fsp3) is 0. The van der Waals surface area contributed by atoms with Crippen molar-refractivity contribution in [3.8, 4) is 0 Å². The molecule has 0 spiro atoms. The number of allylic oxidation sites excluding steroid dienone is 1. The lowest BCUT2D eigenvalue weighted by molar-refractivity contribution is 0.104. The van der Waals surface area contributed by atoms with Gasteiger partial charge in [0.15, 0.2) is 5.78 Å². The van der Waals surface area contributed by atoms with Crippen LogP contribution in [0, 0.1) is 5.21 Å². The maximum atomic E-state index is 11.8. The number of hydrogen-bond donors (Lipinski definition) is 2. The van der Waals surface area contributed by atoms with Crippen LogP contribution in [-0.4, -0.2) is 11.0 Å². The summed E-state index contributed by atoms with van der Waals surface area (Å²) in [6.45, 7) is 0. The number of anilines is 2. The predicted octanol–water partition coefficient (Wildman–Crippen LogP) is 3.19. The predicted molar refractivity (Wildman–Crippen MR) is 77.6 cm³/mol. The first-order valence-corrected chi connectivity index (χ1v) is 5.95. The lowest BCUT2D eigenvalue weighted by Crippen LogP contribution is -2.06. The molecule has 0 radical (unpaired) electrons. The first-order chi connectivity index (χ1) is 9.66. The summed E-state index contributed by atoms with van der Waals surface area (Å²) in [6, 6.07) is 15.1. The fourth-order valence-corrected chi connectivity index (χ4v) is 1.60. The zero-order valence-electron chi connectivity index (χ0n) is 10.6. The quantitative estimate of drug-likeness (QED) is 0.495. The lowest BCUT2D eigenvalue weighted by Gasteiger charge is -2.21. The zero-order chi connectivity index (χ0) is 14.4. The summed E-state index contributed by atoms with van der Waals surface area (Å²) < 4.78 is 0. The van der Waals surface area contributed by atoms with E-state index in [1.54, 1.807) is 36.4 Å². The minimum Gasteiger partial charge on any atom is -0.733 e. The summed E-state index contributed by atoms with van der Waals surface area (Å²) in [5, 5.41) is 22.0. The largest absolute Gasteiger partial charge is 0.733 e. The third kappa shape index (κ3) is 3.68. The molecular formula is C15H13N2O3-. The maximum Gasteiger partial charge on any atom is 0.187 e. The zero-order valence-corrected chi connectivity index (χ0v) is 10.6. The van der Waals surface area contributed by atoms with Gasteiger partial charge in [-0.15, -0.1) is 0 Å². The van der Waals surface area contributed by atoms with Gasteiger partial charge in [0.25, 0.3) is 0 Å². The molecule has 0 unspecified atom stereocenters. The Morgan fingerprint density at radius 2 is 1.75 bits per heavy atom. The van der Waals surface area contributed by atoms with E-state index in [-0.39, 0.29) is 16.7 Å². The molecule has 102 valence electrons. The smallest absolute Gasteiger partial charge is 0.187 e. The van der Waals surface area contributed by atoms with Gasteiger partial charge in [0, 0.05) is 23.5 Å². The Kier molecular flexibility index (Phi) is 4.49. The Balaban J connectivity index is 1.95. The number of carbonyl (C=O) groups is 1. The second kappa shape index (κ2) is 6.51. The summed E-state index contributed by atoms with van der Waals surface area (Å²) >= 11 is 0. The molecule has 0 amide bonds. The van der Waals surface area contributed by atoms with Gasteiger partial charge in [0.05, 0.1) is 5.69 Å². The van der Waals surface area contributed by atoms with Crippen LogP contribution in [0.1, 0.15) is 10.4 Å². The van der Waals surface area contributed by atoms with Gasteiger partial charge in [-0.25, -0.2) is 0 Å². The number of ketones is 1. The summed E-state index contributed by atoms with van der Waals surface area (Å²) in [6.07, 6.45) is 2.95. The molecule has 2 aromatic carbocycles. The van der Waals surface area contributed by atoms with Crippen molar-refractivity contribution < 1.29 is 10.0 Å². The van der Waals surface area contributed by atoms with Gasteiger partial charge in [-0.3, -0.25) is 10.0 Å². The Bertz CT molecular complexity index is 592. The van der Waals surface area contributed by atoms with Crippen LogP contribution < -0.4 is 10.5 Å². The normalized spacial score (nSPS) is 10.5. The SMILES string of the molecule is O=C(C=CNc1ccc(N([O-])O)cc1)c1ccccc1. The van der Waals surface area contributed by atoms with Crippen LogP contribution in [0.5, 0.6) is 0 Å². The van der Waals surface area contributed by atoms with Crippen LogP contribution >= 0.6 is 0 Å². The number of hydrogen-bond acceptors (Lipinski definition) is 5. The molecule has 5 nitrogen and oxygen atoms in total. The molecule has 0 atom stereocenters. The summed E-state index contributed by atoms with van der Waals surface area (Å²) in [5.41, 5.74) is 1.45. The fourth-order valence-electron chi connectivity index (χ4n) is 1.60. The highest BCUT2D eigenvalue weighted by Gasteiger charge is 1.99. The standard InChI is InChI=1S/C15H13N2O3/c18-15(12-4-2-1-3-5-12)10-11-16-13-6-8-14(9-7-13)17(19)20/h1-11,16,19H/q-1. The number of carbonyl (C=O) groups excluding carboxylic acids is 1. The number of benzene rings is 2. The molecular weight excluding hydrogens is 256 g/mol. The molecule has 0 aliphatic rings. The molecule has 0 aliphatic carbocycles. The molecule has 2 rings (SSSR count). The first kappa shape index (κ1) is 13.8. The molecule has 0 bridgehead atoms. The maximum absolute atomic E-state index is 11.8. The summed E-state index contributed by atoms with van der Waals surface area (Å²) in [7, 11) is 0. The van der Waals surface area contributed by atoms with Crippen LogP contribution in [-0.2, 0) is 0 Å². The van der Waals surface area contributed by atoms with Crippen LogP contribution in [0.25, 0.3) is 0 Å². The first-order valence-electron chi connectivity index (χ1n) is 5.95. The molecule has 0 saturated heterocycles. The third-order valence-corrected chi connectivity index (χ3v) is 2.63. The van der Waals surface area contributed by atoms with E-state index in [0.717, 1.165) is 0 Å². The Morgan fingerprint density at radius 1 is 1.10 bits per heavy atom. The average Bonchev–Trinajstić information content (AvgIpc) is 2.48. The minimum absolute atomic E-state index is 0.101. The van der Waals surface area contributed by atoms with Crippen molar-refractivity contribution in [1.29, 1.82) is 0 Å². The van der Waals surface area contributed by atoms with Crippen LogP contribution in [0.3, 0.4) is 0 Å². The second-order valence-corrected chi connectivity index (χ2v) is 4.03. The van der Waals surface area contributed by atoms with Crippen molar-refractivity contribution >= 4 is 17.2 Å². The van der Waals surface area contributed by atoms with E-state index in [9.17, 15) is 10.0 Å². The van der Waals surface area contributed by atoms with Crippen LogP contribution in [0.15, 0.2) is 66.9 Å². The Hall–Kier alpha value is -2.63. The van der Waals surface area contributed by atoms with Crippen molar-refractivity contribution in [1.82, 2.24) is 0 Å². The number of rotatable bonds is 5. The van der Waals surface area contributed by atoms with Gasteiger partial charge in [-0.2, -0.15) is 0 Å². The van der Waals surface area contributed by atoms with Crippen LogP contribution in [0.2, 0.25) is 0 Å². The highest BCUT2D eigenvalue weighted by Crippen LogP contribution is 2.15. The van der Waals surface area contributed by atoms with Crippen molar-refractivity contribution in [3.63, 3.8) is 0 Å². The molecule has 0 aromatic heterocycles. The molecule has 2 N–H and O–H groups in total. The third-order valence-electron chi connectivity index (χ3n) is 2.63. The highest BCUT2D eigenvalue weighted by atomic mass is 16.8. The van der Waals surface area contributed by atoms with Gasteiger partial charge in [-0.05, 0) is 24.3 Å². The van der Waals surface area contributed by atoms with Gasteiger partial charge in [-0.1, -0.05) is 30.3 Å². The van der Waals surface area contributed by atoms with E-state index in [1.165, 1.54) is 24.4 Å². The average molecular weight is 269 g/mol. The van der Waals surface area contributed by atoms with Crippen LogP contribution in [0.4, 0.5) is 11.4 Å². The summed E-state index contributed by atoms with van der Waals surface area (Å²) in [4.78, 5) is 11.8. The van der Waals surface area contributed by atoms with Gasteiger partial charge in [0.1, 0.15) is 0 Å². The van der Waals surface area contributed by atoms with E-state index < -0.39 is 0 Å². The van der Waals surface area contributed by atoms with E-state index in [1.807, 2.05) is 6.07 Å². The van der Waals surface area contributed by atoms with E-state index in [0.29, 0.717) is 11.3 Å². The number of nitrogens with one attached hydrogen (secondary N) is 1. The molecule has 0 aliphatic heterocycles. The Labute approximate surface area is 116 Å². The van der Waals surface area contributed by atoms with Gasteiger partial charge < -0.3 is 15.8 Å². The molecule has 2 aromatic rings. The van der Waals surface area contributed by atoms with Crippen molar-refractivity contribution in [2.45, 2.75) is 0 Å². The topological polar surface area (TPSA) is 75.6 Å².